The van der Waals surface area contributed by atoms with E-state index in [1.807, 2.05) is 49.4 Å². The Morgan fingerprint density at radius 1 is 1.18 bits per heavy atom. The fourth-order valence-electron chi connectivity index (χ4n) is 2.57. The fourth-order valence-corrected chi connectivity index (χ4v) is 2.57. The molecule has 4 heteroatoms. The molecule has 0 radical (unpaired) electrons. The molecule has 1 fully saturated rings. The van der Waals surface area contributed by atoms with Crippen LogP contribution >= 0.6 is 0 Å². The molecular formula is C18H18N2O2. The molecule has 1 amide bonds. The number of rotatable bonds is 4. The highest BCUT2D eigenvalue weighted by Gasteiger charge is 2.34. The van der Waals surface area contributed by atoms with Crippen LogP contribution in [0.2, 0.25) is 0 Å². The van der Waals surface area contributed by atoms with E-state index in [0.29, 0.717) is 12.8 Å². The van der Waals surface area contributed by atoms with E-state index in [1.165, 1.54) is 5.56 Å². The maximum absolute atomic E-state index is 12.3. The van der Waals surface area contributed by atoms with E-state index in [-0.39, 0.29) is 23.7 Å². The lowest BCUT2D eigenvalue weighted by Crippen LogP contribution is -2.41. The van der Waals surface area contributed by atoms with Crippen molar-refractivity contribution in [2.75, 3.05) is 0 Å². The number of nitrogens with zero attached hydrogens (tertiary/aromatic N) is 1. The lowest BCUT2D eigenvalue weighted by Gasteiger charge is -2.26. The molecule has 1 N–H and O–H groups in total. The van der Waals surface area contributed by atoms with Gasteiger partial charge < -0.3 is 5.32 Å². The molecule has 1 aromatic heterocycles. The number of pyridine rings is 1. The van der Waals surface area contributed by atoms with Crippen LogP contribution in [0, 0.1) is 12.8 Å². The molecule has 22 heavy (non-hydrogen) atoms. The van der Waals surface area contributed by atoms with Crippen molar-refractivity contribution in [1.82, 2.24) is 10.3 Å². The number of benzene rings is 1. The van der Waals surface area contributed by atoms with Crippen LogP contribution in [0.15, 0.2) is 48.7 Å². The molecule has 1 aliphatic carbocycles. The molecule has 0 unspecified atom stereocenters. The number of ketones is 1. The lowest BCUT2D eigenvalue weighted by atomic mass is 9.83. The zero-order valence-electron chi connectivity index (χ0n) is 12.5. The predicted molar refractivity (Wildman–Crippen MR) is 83.1 cm³/mol. The fraction of sp³-hybridized carbons (Fsp3) is 0.278. The molecule has 1 atom stereocenters. The van der Waals surface area contributed by atoms with Gasteiger partial charge in [-0.25, -0.2) is 0 Å². The highest BCUT2D eigenvalue weighted by molar-refractivity contribution is 5.96. The molecule has 0 spiro atoms. The first-order valence-corrected chi connectivity index (χ1v) is 7.43. The lowest BCUT2D eigenvalue weighted by molar-refractivity contribution is -0.138. The topological polar surface area (TPSA) is 59.1 Å². The molecule has 112 valence electrons. The second-order valence-corrected chi connectivity index (χ2v) is 5.75. The number of nitrogens with one attached hydrogen (secondary N) is 1. The normalized spacial score (nSPS) is 16.0. The summed E-state index contributed by atoms with van der Waals surface area (Å²) in [5.74, 6) is -0.107. The van der Waals surface area contributed by atoms with Crippen molar-refractivity contribution >= 4 is 11.7 Å². The summed E-state index contributed by atoms with van der Waals surface area (Å²) in [5.41, 5.74) is 2.95. The maximum Gasteiger partial charge on any atom is 0.224 e. The van der Waals surface area contributed by atoms with Gasteiger partial charge in [0.05, 0.1) is 17.7 Å². The number of amides is 1. The summed E-state index contributed by atoms with van der Waals surface area (Å²) in [6.07, 6.45) is 2.43. The predicted octanol–water partition coefficient (Wildman–Crippen LogP) is 2.57. The van der Waals surface area contributed by atoms with Crippen molar-refractivity contribution in [3.63, 3.8) is 0 Å². The smallest absolute Gasteiger partial charge is 0.224 e. The maximum atomic E-state index is 12.3. The van der Waals surface area contributed by atoms with E-state index in [4.69, 9.17) is 0 Å². The molecule has 1 saturated carbocycles. The number of aryl methyl sites for hydroxylation is 1. The molecule has 3 rings (SSSR count). The average molecular weight is 294 g/mol. The SMILES string of the molecule is Cc1ccc([C@@H](NC(=O)C2CC(=O)C2)c2ccccn2)cc1. The summed E-state index contributed by atoms with van der Waals surface area (Å²) < 4.78 is 0. The zero-order chi connectivity index (χ0) is 15.5. The van der Waals surface area contributed by atoms with Crippen molar-refractivity contribution in [3.05, 3.63) is 65.5 Å². The van der Waals surface area contributed by atoms with Crippen LogP contribution in [0.5, 0.6) is 0 Å². The van der Waals surface area contributed by atoms with Gasteiger partial charge in [-0.15, -0.1) is 0 Å². The van der Waals surface area contributed by atoms with Crippen LogP contribution in [-0.2, 0) is 9.59 Å². The van der Waals surface area contributed by atoms with Crippen LogP contribution in [0.25, 0.3) is 0 Å². The van der Waals surface area contributed by atoms with E-state index in [2.05, 4.69) is 10.3 Å². The summed E-state index contributed by atoms with van der Waals surface area (Å²) in [5, 5.41) is 3.04. The van der Waals surface area contributed by atoms with Crippen molar-refractivity contribution < 1.29 is 9.59 Å². The molecule has 0 bridgehead atoms. The Balaban J connectivity index is 1.84. The first-order chi connectivity index (χ1) is 10.6. The van der Waals surface area contributed by atoms with Gasteiger partial charge in [0.2, 0.25) is 5.91 Å². The molecule has 1 heterocycles. The Labute approximate surface area is 129 Å². The van der Waals surface area contributed by atoms with Gasteiger partial charge in [0.25, 0.3) is 0 Å². The van der Waals surface area contributed by atoms with E-state index in [1.54, 1.807) is 6.20 Å². The van der Waals surface area contributed by atoms with Crippen LogP contribution in [0.3, 0.4) is 0 Å². The third kappa shape index (κ3) is 3.06. The highest BCUT2D eigenvalue weighted by atomic mass is 16.2. The molecular weight excluding hydrogens is 276 g/mol. The minimum atomic E-state index is -0.287. The zero-order valence-corrected chi connectivity index (χ0v) is 12.5. The monoisotopic (exact) mass is 294 g/mol. The number of Topliss-reactive ketones (excluding diaryl/α,β-unsaturated/α-hetero) is 1. The standard InChI is InChI=1S/C18H18N2O2/c1-12-5-7-13(8-6-12)17(16-4-2-3-9-19-16)20-18(22)14-10-15(21)11-14/h2-9,14,17H,10-11H2,1H3,(H,20,22)/t17-/m1/s1. The van der Waals surface area contributed by atoms with Gasteiger partial charge in [-0.3, -0.25) is 14.6 Å². The minimum absolute atomic E-state index is 0.0733. The number of hydrogen-bond donors (Lipinski definition) is 1. The van der Waals surface area contributed by atoms with Crippen LogP contribution < -0.4 is 5.32 Å². The second kappa shape index (κ2) is 6.10. The number of aromatic nitrogens is 1. The largest absolute Gasteiger partial charge is 0.343 e. The summed E-state index contributed by atoms with van der Waals surface area (Å²) in [7, 11) is 0. The van der Waals surface area contributed by atoms with Gasteiger partial charge in [0, 0.05) is 19.0 Å². The molecule has 1 aliphatic rings. The average Bonchev–Trinajstić information content (AvgIpc) is 2.51. The third-order valence-electron chi connectivity index (χ3n) is 4.00. The first kappa shape index (κ1) is 14.4. The van der Waals surface area contributed by atoms with Crippen LogP contribution in [-0.4, -0.2) is 16.7 Å². The van der Waals surface area contributed by atoms with Gasteiger partial charge in [-0.1, -0.05) is 35.9 Å². The molecule has 4 nitrogen and oxygen atoms in total. The van der Waals surface area contributed by atoms with Crippen molar-refractivity contribution in [2.45, 2.75) is 25.8 Å². The van der Waals surface area contributed by atoms with Crippen molar-refractivity contribution in [1.29, 1.82) is 0 Å². The Morgan fingerprint density at radius 3 is 2.50 bits per heavy atom. The van der Waals surface area contributed by atoms with E-state index in [0.717, 1.165) is 11.3 Å². The van der Waals surface area contributed by atoms with Gasteiger partial charge in [0.1, 0.15) is 5.78 Å². The van der Waals surface area contributed by atoms with Crippen LogP contribution in [0.4, 0.5) is 0 Å². The van der Waals surface area contributed by atoms with Gasteiger partial charge >= 0.3 is 0 Å². The number of carbonyl (C=O) groups excluding carboxylic acids is 2. The quantitative estimate of drug-likeness (QED) is 0.943. The molecule has 2 aromatic rings. The summed E-state index contributed by atoms with van der Waals surface area (Å²) in [6.45, 7) is 2.03. The van der Waals surface area contributed by atoms with E-state index < -0.39 is 0 Å². The van der Waals surface area contributed by atoms with Gasteiger partial charge in [-0.2, -0.15) is 0 Å². The van der Waals surface area contributed by atoms with Gasteiger partial charge in [-0.05, 0) is 24.6 Å². The molecule has 0 saturated heterocycles. The van der Waals surface area contributed by atoms with Gasteiger partial charge in [0.15, 0.2) is 0 Å². The minimum Gasteiger partial charge on any atom is -0.343 e. The summed E-state index contributed by atoms with van der Waals surface area (Å²) in [6, 6.07) is 13.4. The highest BCUT2D eigenvalue weighted by Crippen LogP contribution is 2.26. The second-order valence-electron chi connectivity index (χ2n) is 5.75. The van der Waals surface area contributed by atoms with Crippen LogP contribution in [0.1, 0.15) is 35.7 Å². The summed E-state index contributed by atoms with van der Waals surface area (Å²) >= 11 is 0. The first-order valence-electron chi connectivity index (χ1n) is 7.43. The van der Waals surface area contributed by atoms with E-state index in [9.17, 15) is 9.59 Å². The van der Waals surface area contributed by atoms with E-state index >= 15 is 0 Å². The Bertz CT molecular complexity index is 672. The third-order valence-corrected chi connectivity index (χ3v) is 4.00. The molecule has 1 aromatic carbocycles. The Hall–Kier alpha value is -2.49. The molecule has 0 aliphatic heterocycles. The number of carbonyl (C=O) groups is 2. The van der Waals surface area contributed by atoms with Crippen molar-refractivity contribution in [3.8, 4) is 0 Å². The number of hydrogen-bond acceptors (Lipinski definition) is 3. The van der Waals surface area contributed by atoms with Crippen molar-refractivity contribution in [2.24, 2.45) is 5.92 Å². The Morgan fingerprint density at radius 2 is 1.91 bits per heavy atom. The Kier molecular flexibility index (Phi) is 4.00. The summed E-state index contributed by atoms with van der Waals surface area (Å²) in [4.78, 5) is 27.8.